The average Bonchev–Trinajstić information content (AvgIpc) is 2.19. The first-order chi connectivity index (χ1) is 7.11. The van der Waals surface area contributed by atoms with E-state index < -0.39 is 4.92 Å². The zero-order valence-electron chi connectivity index (χ0n) is 7.73. The van der Waals surface area contributed by atoms with Crippen LogP contribution in [0.4, 0.5) is 11.4 Å². The number of hydrogen-bond donors (Lipinski definition) is 1. The first-order valence-electron chi connectivity index (χ1n) is 4.34. The number of rotatable bonds is 1. The van der Waals surface area contributed by atoms with Crippen molar-refractivity contribution in [2.24, 2.45) is 0 Å². The zero-order chi connectivity index (χ0) is 11.0. The largest absolute Gasteiger partial charge is 0.490 e. The molecular formula is C9H8N2O4. The van der Waals surface area contributed by atoms with Crippen molar-refractivity contribution in [1.82, 2.24) is 0 Å². The van der Waals surface area contributed by atoms with Gasteiger partial charge in [-0.1, -0.05) is 0 Å². The summed E-state index contributed by atoms with van der Waals surface area (Å²) >= 11 is 0. The van der Waals surface area contributed by atoms with Gasteiger partial charge in [-0.2, -0.15) is 0 Å². The molecule has 0 bridgehead atoms. The van der Waals surface area contributed by atoms with Gasteiger partial charge in [0.15, 0.2) is 17.2 Å². The first kappa shape index (κ1) is 9.45. The molecule has 6 heteroatoms. The molecule has 0 amide bonds. The van der Waals surface area contributed by atoms with E-state index in [0.717, 1.165) is 0 Å². The van der Waals surface area contributed by atoms with E-state index in [1.165, 1.54) is 12.1 Å². The molecule has 15 heavy (non-hydrogen) atoms. The number of Topliss-reactive ketones (excluding diaryl/α,β-unsaturated/α-hetero) is 1. The molecule has 0 saturated heterocycles. The van der Waals surface area contributed by atoms with Crippen molar-refractivity contribution in [3.8, 4) is 5.75 Å². The smallest absolute Gasteiger partial charge is 0.296 e. The number of carbonyl (C=O) groups excluding carboxylic acids is 1. The third-order valence-corrected chi connectivity index (χ3v) is 2.25. The Kier molecular flexibility index (Phi) is 2.03. The molecule has 78 valence electrons. The number of ether oxygens (including phenoxy) is 1. The molecule has 0 spiro atoms. The predicted molar refractivity (Wildman–Crippen MR) is 52.0 cm³/mol. The summed E-state index contributed by atoms with van der Waals surface area (Å²) in [6.07, 6.45) is 0.282. The van der Waals surface area contributed by atoms with Crippen LogP contribution in [0, 0.1) is 10.1 Å². The van der Waals surface area contributed by atoms with Gasteiger partial charge in [0.2, 0.25) is 0 Å². The lowest BCUT2D eigenvalue weighted by Gasteiger charge is -2.17. The third kappa shape index (κ3) is 1.39. The van der Waals surface area contributed by atoms with E-state index >= 15 is 0 Å². The number of nitrogen functional groups attached to an aromatic ring is 1. The summed E-state index contributed by atoms with van der Waals surface area (Å²) < 4.78 is 5.17. The van der Waals surface area contributed by atoms with Gasteiger partial charge < -0.3 is 10.5 Å². The van der Waals surface area contributed by atoms with Crippen molar-refractivity contribution in [2.45, 2.75) is 6.42 Å². The van der Waals surface area contributed by atoms with Crippen LogP contribution in [0.25, 0.3) is 0 Å². The Morgan fingerprint density at radius 3 is 2.87 bits per heavy atom. The SMILES string of the molecule is Nc1c([N+](=O)[O-])ccc2c1OCCC2=O. The van der Waals surface area contributed by atoms with Crippen LogP contribution < -0.4 is 10.5 Å². The lowest BCUT2D eigenvalue weighted by molar-refractivity contribution is -0.384. The highest BCUT2D eigenvalue weighted by molar-refractivity contribution is 6.02. The average molecular weight is 208 g/mol. The van der Waals surface area contributed by atoms with Crippen LogP contribution in [0.1, 0.15) is 16.8 Å². The fourth-order valence-corrected chi connectivity index (χ4v) is 1.50. The molecule has 1 aliphatic heterocycles. The number of anilines is 1. The normalized spacial score (nSPS) is 14.3. The standard InChI is InChI=1S/C9H8N2O4/c10-8-6(11(13)14)2-1-5-7(12)3-4-15-9(5)8/h1-2H,3-4,10H2. The van der Waals surface area contributed by atoms with Crippen molar-refractivity contribution >= 4 is 17.2 Å². The number of hydrogen-bond acceptors (Lipinski definition) is 5. The Labute approximate surface area is 84.8 Å². The second kappa shape index (κ2) is 3.23. The minimum atomic E-state index is -0.599. The quantitative estimate of drug-likeness (QED) is 0.424. The van der Waals surface area contributed by atoms with Gasteiger partial charge in [-0.3, -0.25) is 14.9 Å². The molecule has 0 saturated carbocycles. The van der Waals surface area contributed by atoms with Gasteiger partial charge >= 0.3 is 0 Å². The highest BCUT2D eigenvalue weighted by Gasteiger charge is 2.26. The fraction of sp³-hybridized carbons (Fsp3) is 0.222. The van der Waals surface area contributed by atoms with Gasteiger partial charge in [-0.25, -0.2) is 0 Å². The third-order valence-electron chi connectivity index (χ3n) is 2.25. The van der Waals surface area contributed by atoms with Gasteiger partial charge in [0.25, 0.3) is 5.69 Å². The number of ketones is 1. The molecule has 0 radical (unpaired) electrons. The summed E-state index contributed by atoms with van der Waals surface area (Å²) in [5, 5.41) is 10.6. The van der Waals surface area contributed by atoms with Gasteiger partial charge in [0.05, 0.1) is 17.1 Å². The monoisotopic (exact) mass is 208 g/mol. The number of nitrogens with two attached hydrogens (primary N) is 1. The molecule has 1 heterocycles. The Bertz CT molecular complexity index is 456. The maximum atomic E-state index is 11.4. The second-order valence-electron chi connectivity index (χ2n) is 3.15. The summed E-state index contributed by atoms with van der Waals surface area (Å²) in [5.41, 5.74) is 5.56. The summed E-state index contributed by atoms with van der Waals surface area (Å²) in [7, 11) is 0. The van der Waals surface area contributed by atoms with Crippen LogP contribution in [-0.4, -0.2) is 17.3 Å². The van der Waals surface area contributed by atoms with E-state index in [1.54, 1.807) is 0 Å². The number of nitrogens with zero attached hydrogens (tertiary/aromatic N) is 1. The van der Waals surface area contributed by atoms with Crippen molar-refractivity contribution < 1.29 is 14.5 Å². The molecule has 0 aromatic heterocycles. The second-order valence-corrected chi connectivity index (χ2v) is 3.15. The summed E-state index contributed by atoms with van der Waals surface area (Å²) in [5.74, 6) is 0.0401. The van der Waals surface area contributed by atoms with Crippen molar-refractivity contribution in [3.63, 3.8) is 0 Å². The number of carbonyl (C=O) groups is 1. The van der Waals surface area contributed by atoms with Crippen molar-refractivity contribution in [1.29, 1.82) is 0 Å². The van der Waals surface area contributed by atoms with E-state index in [1.807, 2.05) is 0 Å². The van der Waals surface area contributed by atoms with E-state index in [2.05, 4.69) is 0 Å². The van der Waals surface area contributed by atoms with E-state index in [9.17, 15) is 14.9 Å². The predicted octanol–water partition coefficient (Wildman–Crippen LogP) is 1.14. The molecule has 0 fully saturated rings. The first-order valence-corrected chi connectivity index (χ1v) is 4.34. The van der Waals surface area contributed by atoms with Crippen LogP contribution in [-0.2, 0) is 0 Å². The van der Waals surface area contributed by atoms with Crippen LogP contribution in [0.3, 0.4) is 0 Å². The number of fused-ring (bicyclic) bond motifs is 1. The molecule has 2 N–H and O–H groups in total. The van der Waals surface area contributed by atoms with Gasteiger partial charge in [-0.15, -0.1) is 0 Å². The topological polar surface area (TPSA) is 95.5 Å². The van der Waals surface area contributed by atoms with Gasteiger partial charge in [0.1, 0.15) is 0 Å². The minimum absolute atomic E-state index is 0.0782. The minimum Gasteiger partial charge on any atom is -0.490 e. The van der Waals surface area contributed by atoms with Gasteiger partial charge in [-0.05, 0) is 6.07 Å². The van der Waals surface area contributed by atoms with Gasteiger partial charge in [0, 0.05) is 12.5 Å². The molecule has 1 aromatic carbocycles. The molecule has 6 nitrogen and oxygen atoms in total. The van der Waals surface area contributed by atoms with Crippen LogP contribution in [0.15, 0.2) is 12.1 Å². The number of benzene rings is 1. The zero-order valence-corrected chi connectivity index (χ0v) is 7.73. The molecule has 1 aliphatic rings. The Hall–Kier alpha value is -2.11. The Morgan fingerprint density at radius 1 is 1.47 bits per heavy atom. The maximum Gasteiger partial charge on any atom is 0.296 e. The van der Waals surface area contributed by atoms with E-state index in [-0.39, 0.29) is 35.9 Å². The summed E-state index contributed by atoms with van der Waals surface area (Å²) in [6.45, 7) is 0.219. The van der Waals surface area contributed by atoms with E-state index in [4.69, 9.17) is 10.5 Å². The lowest BCUT2D eigenvalue weighted by Crippen LogP contribution is -2.17. The number of nitro benzene ring substituents is 1. The summed E-state index contributed by atoms with van der Waals surface area (Å²) in [6, 6.07) is 2.60. The Morgan fingerprint density at radius 2 is 2.20 bits per heavy atom. The van der Waals surface area contributed by atoms with Crippen molar-refractivity contribution in [2.75, 3.05) is 12.3 Å². The highest BCUT2D eigenvalue weighted by Crippen LogP contribution is 2.37. The molecule has 0 atom stereocenters. The molecule has 0 aliphatic carbocycles. The fourth-order valence-electron chi connectivity index (χ4n) is 1.50. The Balaban J connectivity index is 2.62. The maximum absolute atomic E-state index is 11.4. The molecule has 2 rings (SSSR count). The lowest BCUT2D eigenvalue weighted by atomic mass is 10.0. The molecule has 1 aromatic rings. The van der Waals surface area contributed by atoms with Crippen LogP contribution >= 0.6 is 0 Å². The highest BCUT2D eigenvalue weighted by atomic mass is 16.6. The molecular weight excluding hydrogens is 200 g/mol. The van der Waals surface area contributed by atoms with Crippen molar-refractivity contribution in [3.05, 3.63) is 27.8 Å². The molecule has 0 unspecified atom stereocenters. The van der Waals surface area contributed by atoms with Crippen LogP contribution in [0.2, 0.25) is 0 Å². The summed E-state index contributed by atoms with van der Waals surface area (Å²) in [4.78, 5) is 21.4. The van der Waals surface area contributed by atoms with Crippen LogP contribution in [0.5, 0.6) is 5.75 Å². The number of nitro groups is 1. The van der Waals surface area contributed by atoms with E-state index in [0.29, 0.717) is 5.56 Å².